The normalized spacial score (nSPS) is 18.1. The number of halogens is 2. The van der Waals surface area contributed by atoms with E-state index in [-0.39, 0.29) is 12.1 Å². The van der Waals surface area contributed by atoms with Gasteiger partial charge in [0.2, 0.25) is 0 Å². The molecule has 1 atom stereocenters. The zero-order valence-corrected chi connectivity index (χ0v) is 19.6. The minimum absolute atomic E-state index is 0.198. The van der Waals surface area contributed by atoms with Crippen molar-refractivity contribution >= 4 is 23.3 Å². The Hall–Kier alpha value is -3.27. The van der Waals surface area contributed by atoms with Crippen molar-refractivity contribution < 1.29 is 13.6 Å². The van der Waals surface area contributed by atoms with Gasteiger partial charge in [0, 0.05) is 38.3 Å². The molecule has 2 aliphatic heterocycles. The van der Waals surface area contributed by atoms with Gasteiger partial charge in [0.1, 0.15) is 17.5 Å². The molecule has 0 bridgehead atoms. The van der Waals surface area contributed by atoms with Crippen molar-refractivity contribution in [1.82, 2.24) is 24.8 Å². The molecule has 8 nitrogen and oxygen atoms in total. The van der Waals surface area contributed by atoms with E-state index in [1.807, 2.05) is 11.0 Å². The number of anilines is 2. The standard InChI is InChI=1S/C21H23F2N7O.C3H8/c22-14-3-4-16(23)15(12-14)17-2-1-9-29(17)19-6-5-18-25-13-20(30(18)27-19)26-21(31)28-10-7-24-8-11-28;1-3-2/h3-6,12-13,17,24H,1-2,7-11H2,(H,26,31);3H2,1-2H3. The van der Waals surface area contributed by atoms with Gasteiger partial charge in [-0.2, -0.15) is 4.52 Å². The van der Waals surface area contributed by atoms with Gasteiger partial charge in [-0.1, -0.05) is 20.3 Å². The van der Waals surface area contributed by atoms with Gasteiger partial charge in [-0.15, -0.1) is 5.10 Å². The van der Waals surface area contributed by atoms with Gasteiger partial charge in [-0.05, 0) is 43.2 Å². The average molecular weight is 472 g/mol. The van der Waals surface area contributed by atoms with Gasteiger partial charge in [-0.3, -0.25) is 5.32 Å². The van der Waals surface area contributed by atoms with E-state index in [4.69, 9.17) is 0 Å². The number of nitrogens with zero attached hydrogens (tertiary/aromatic N) is 5. The van der Waals surface area contributed by atoms with E-state index < -0.39 is 11.6 Å². The summed E-state index contributed by atoms with van der Waals surface area (Å²) in [6, 6.07) is 6.67. The Balaban J connectivity index is 0.000000868. The molecule has 0 aliphatic carbocycles. The summed E-state index contributed by atoms with van der Waals surface area (Å²) in [6.45, 7) is 7.72. The molecular formula is C24H31F2N7O. The highest BCUT2D eigenvalue weighted by molar-refractivity contribution is 5.88. The molecular weight excluding hydrogens is 440 g/mol. The summed E-state index contributed by atoms with van der Waals surface area (Å²) < 4.78 is 29.8. The highest BCUT2D eigenvalue weighted by Gasteiger charge is 2.30. The van der Waals surface area contributed by atoms with Gasteiger partial charge in [-0.25, -0.2) is 18.6 Å². The summed E-state index contributed by atoms with van der Waals surface area (Å²) in [4.78, 5) is 20.6. The molecule has 2 aromatic heterocycles. The van der Waals surface area contributed by atoms with Gasteiger partial charge in [0.25, 0.3) is 0 Å². The van der Waals surface area contributed by atoms with Crippen LogP contribution in [0.4, 0.5) is 25.2 Å². The first kappa shape index (κ1) is 23.9. The predicted octanol–water partition coefficient (Wildman–Crippen LogP) is 4.20. The van der Waals surface area contributed by atoms with Crippen molar-refractivity contribution in [2.45, 2.75) is 39.2 Å². The second-order valence-electron chi connectivity index (χ2n) is 8.50. The molecule has 2 saturated heterocycles. The van der Waals surface area contributed by atoms with Crippen LogP contribution in [0.25, 0.3) is 5.65 Å². The maximum absolute atomic E-state index is 14.4. The Labute approximate surface area is 197 Å². The molecule has 34 heavy (non-hydrogen) atoms. The van der Waals surface area contributed by atoms with Crippen molar-refractivity contribution in [2.24, 2.45) is 0 Å². The summed E-state index contributed by atoms with van der Waals surface area (Å²) in [5.74, 6) is 0.201. The van der Waals surface area contributed by atoms with Crippen molar-refractivity contribution in [3.05, 3.63) is 53.7 Å². The number of piperazine rings is 1. The summed E-state index contributed by atoms with van der Waals surface area (Å²) >= 11 is 0. The Morgan fingerprint density at radius 1 is 1.15 bits per heavy atom. The fraction of sp³-hybridized carbons (Fsp3) is 0.458. The molecule has 5 rings (SSSR count). The number of hydrogen-bond donors (Lipinski definition) is 2. The lowest BCUT2D eigenvalue weighted by Gasteiger charge is -2.27. The van der Waals surface area contributed by atoms with E-state index in [1.54, 1.807) is 21.7 Å². The van der Waals surface area contributed by atoms with E-state index in [0.29, 0.717) is 48.9 Å². The molecule has 0 radical (unpaired) electrons. The minimum Gasteiger partial charge on any atom is -0.348 e. The maximum Gasteiger partial charge on any atom is 0.323 e. The molecule has 1 unspecified atom stereocenters. The minimum atomic E-state index is -0.459. The highest BCUT2D eigenvalue weighted by atomic mass is 19.1. The molecule has 10 heteroatoms. The molecule has 2 N–H and O–H groups in total. The lowest BCUT2D eigenvalue weighted by atomic mass is 10.0. The van der Waals surface area contributed by atoms with Crippen LogP contribution in [-0.4, -0.2) is 58.3 Å². The number of amides is 2. The van der Waals surface area contributed by atoms with Crippen LogP contribution in [0, 0.1) is 11.6 Å². The third-order valence-electron chi connectivity index (χ3n) is 5.85. The van der Waals surface area contributed by atoms with Crippen LogP contribution in [-0.2, 0) is 0 Å². The van der Waals surface area contributed by atoms with E-state index >= 15 is 0 Å². The summed E-state index contributed by atoms with van der Waals surface area (Å²) in [5, 5.41) is 10.8. The molecule has 2 aliphatic rings. The van der Waals surface area contributed by atoms with Gasteiger partial charge >= 0.3 is 6.03 Å². The fourth-order valence-corrected chi connectivity index (χ4v) is 4.29. The number of hydrogen-bond acceptors (Lipinski definition) is 5. The molecule has 0 saturated carbocycles. The first-order chi connectivity index (χ1) is 16.5. The lowest BCUT2D eigenvalue weighted by molar-refractivity contribution is 0.203. The van der Waals surface area contributed by atoms with Crippen LogP contribution >= 0.6 is 0 Å². The van der Waals surface area contributed by atoms with Crippen molar-refractivity contribution in [1.29, 1.82) is 0 Å². The Morgan fingerprint density at radius 2 is 1.91 bits per heavy atom. The van der Waals surface area contributed by atoms with E-state index in [2.05, 4.69) is 34.6 Å². The monoisotopic (exact) mass is 471 g/mol. The molecule has 3 aromatic rings. The summed E-state index contributed by atoms with van der Waals surface area (Å²) in [7, 11) is 0. The van der Waals surface area contributed by atoms with E-state index in [9.17, 15) is 13.6 Å². The first-order valence-electron chi connectivity index (χ1n) is 11.8. The largest absolute Gasteiger partial charge is 0.348 e. The Morgan fingerprint density at radius 3 is 2.68 bits per heavy atom. The quantitative estimate of drug-likeness (QED) is 0.599. The number of aromatic nitrogens is 3. The average Bonchev–Trinajstić information content (AvgIpc) is 3.49. The lowest BCUT2D eigenvalue weighted by Crippen LogP contribution is -2.48. The van der Waals surface area contributed by atoms with Crippen LogP contribution in [0.15, 0.2) is 36.5 Å². The van der Waals surface area contributed by atoms with Crippen LogP contribution < -0.4 is 15.5 Å². The number of nitrogens with one attached hydrogen (secondary N) is 2. The van der Waals surface area contributed by atoms with Gasteiger partial charge < -0.3 is 15.1 Å². The third kappa shape index (κ3) is 5.11. The SMILES string of the molecule is CCC.O=C(Nc1cnc2ccc(N3CCCC3c3cc(F)ccc3F)nn12)N1CCNCC1. The number of imidazole rings is 1. The second-order valence-corrected chi connectivity index (χ2v) is 8.50. The number of benzene rings is 1. The molecule has 2 fully saturated rings. The van der Waals surface area contributed by atoms with Crippen molar-refractivity contribution in [2.75, 3.05) is 42.9 Å². The Kier molecular flexibility index (Phi) is 7.56. The summed E-state index contributed by atoms with van der Waals surface area (Å²) in [6.07, 6.45) is 4.37. The van der Waals surface area contributed by atoms with E-state index in [0.717, 1.165) is 31.6 Å². The highest BCUT2D eigenvalue weighted by Crippen LogP contribution is 2.36. The molecule has 0 spiro atoms. The number of carbonyl (C=O) groups excluding carboxylic acids is 1. The third-order valence-corrected chi connectivity index (χ3v) is 5.85. The first-order valence-corrected chi connectivity index (χ1v) is 11.8. The zero-order valence-electron chi connectivity index (χ0n) is 19.6. The zero-order chi connectivity index (χ0) is 24.1. The molecule has 4 heterocycles. The number of carbonyl (C=O) groups is 1. The van der Waals surface area contributed by atoms with Crippen LogP contribution in [0.2, 0.25) is 0 Å². The smallest absolute Gasteiger partial charge is 0.323 e. The topological polar surface area (TPSA) is 77.8 Å². The van der Waals surface area contributed by atoms with Crippen LogP contribution in [0.3, 0.4) is 0 Å². The van der Waals surface area contributed by atoms with Crippen LogP contribution in [0.1, 0.15) is 44.7 Å². The number of fused-ring (bicyclic) bond motifs is 1. The summed E-state index contributed by atoms with van der Waals surface area (Å²) in [5.41, 5.74) is 0.921. The molecule has 2 amide bonds. The van der Waals surface area contributed by atoms with Gasteiger partial charge in [0.05, 0.1) is 12.2 Å². The Bertz CT molecular complexity index is 1130. The van der Waals surface area contributed by atoms with Crippen molar-refractivity contribution in [3.63, 3.8) is 0 Å². The van der Waals surface area contributed by atoms with Gasteiger partial charge in [0.15, 0.2) is 11.5 Å². The van der Waals surface area contributed by atoms with Crippen LogP contribution in [0.5, 0.6) is 0 Å². The maximum atomic E-state index is 14.4. The van der Waals surface area contributed by atoms with Crippen molar-refractivity contribution in [3.8, 4) is 0 Å². The van der Waals surface area contributed by atoms with E-state index in [1.165, 1.54) is 12.5 Å². The molecule has 182 valence electrons. The number of rotatable bonds is 3. The fourth-order valence-electron chi connectivity index (χ4n) is 4.29. The predicted molar refractivity (Wildman–Crippen MR) is 128 cm³/mol. The second kappa shape index (κ2) is 10.8. The number of urea groups is 1. The molecule has 1 aromatic carbocycles.